The minimum Gasteiger partial charge on any atom is -0.547 e. The van der Waals surface area contributed by atoms with Gasteiger partial charge in [0.15, 0.2) is 6.23 Å². The summed E-state index contributed by atoms with van der Waals surface area (Å²) in [6.07, 6.45) is 0.918. The first-order valence-electron chi connectivity index (χ1n) is 4.14. The van der Waals surface area contributed by atoms with Crippen LogP contribution < -0.4 is 56.5 Å². The van der Waals surface area contributed by atoms with Crippen LogP contribution in [0.1, 0.15) is 6.42 Å². The van der Waals surface area contributed by atoms with Crippen molar-refractivity contribution in [2.24, 2.45) is 0 Å². The first-order valence-corrected chi connectivity index (χ1v) is 4.14. The zero-order valence-electron chi connectivity index (χ0n) is 8.17. The molecule has 7 heteroatoms. The van der Waals surface area contributed by atoms with Crippen LogP contribution in [0.25, 0.3) is 0 Å². The van der Waals surface area contributed by atoms with Crippen molar-refractivity contribution in [3.05, 3.63) is 11.8 Å². The molecule has 15 heavy (non-hydrogen) atoms. The van der Waals surface area contributed by atoms with Crippen LogP contribution in [0, 0.1) is 0 Å². The van der Waals surface area contributed by atoms with Crippen molar-refractivity contribution in [1.29, 1.82) is 0 Å². The number of amides is 1. The molecule has 2 fully saturated rings. The molecule has 2 atom stereocenters. The molecule has 2 aliphatic heterocycles. The number of rotatable bonds is 2. The second kappa shape index (κ2) is 4.94. The van der Waals surface area contributed by atoms with Crippen molar-refractivity contribution in [1.82, 2.24) is 4.90 Å². The largest absolute Gasteiger partial charge is 1.00 e. The summed E-state index contributed by atoms with van der Waals surface area (Å²) in [6, 6.07) is -1.17. The number of β-lactam (4-membered cyclic amide) rings is 1. The molecule has 0 aromatic rings. The van der Waals surface area contributed by atoms with E-state index in [1.165, 1.54) is 6.08 Å². The van der Waals surface area contributed by atoms with Crippen molar-refractivity contribution < 1.29 is 75.9 Å². The van der Waals surface area contributed by atoms with E-state index in [0.717, 1.165) is 4.90 Å². The Morgan fingerprint density at radius 2 is 2.40 bits per heavy atom. The van der Waals surface area contributed by atoms with Gasteiger partial charge in [-0.05, 0) is 6.08 Å². The first-order chi connectivity index (χ1) is 6.65. The summed E-state index contributed by atoms with van der Waals surface area (Å²) < 4.78 is 5.13. The summed E-state index contributed by atoms with van der Waals surface area (Å²) in [7, 11) is 0. The van der Waals surface area contributed by atoms with Crippen molar-refractivity contribution in [2.45, 2.75) is 18.7 Å². The molecule has 2 aliphatic rings. The Morgan fingerprint density at radius 1 is 1.73 bits per heavy atom. The Labute approximate surface area is 128 Å². The van der Waals surface area contributed by atoms with Crippen molar-refractivity contribution in [3.63, 3.8) is 0 Å². The van der Waals surface area contributed by atoms with Gasteiger partial charge in [0.1, 0.15) is 11.8 Å². The van der Waals surface area contributed by atoms with Gasteiger partial charge in [-0.1, -0.05) is 0 Å². The topological polar surface area (TPSA) is 89.9 Å². The van der Waals surface area contributed by atoms with Gasteiger partial charge in [-0.15, -0.1) is 0 Å². The van der Waals surface area contributed by atoms with Crippen LogP contribution in [0.3, 0.4) is 0 Å². The van der Waals surface area contributed by atoms with Gasteiger partial charge in [0.05, 0.1) is 19.0 Å². The minimum absolute atomic E-state index is 0. The van der Waals surface area contributed by atoms with Crippen LogP contribution in [0.15, 0.2) is 11.8 Å². The van der Waals surface area contributed by atoms with E-state index in [1.807, 2.05) is 0 Å². The first kappa shape index (κ1) is 13.1. The Kier molecular flexibility index (Phi) is 4.33. The Balaban J connectivity index is 0.00000112. The monoisotopic (exact) mass is 237 g/mol. The maximum atomic E-state index is 11.0. The Hall–Kier alpha value is 0.0764. The third-order valence-corrected chi connectivity index (χ3v) is 2.28. The van der Waals surface area contributed by atoms with Gasteiger partial charge in [-0.2, -0.15) is 0 Å². The fourth-order valence-electron chi connectivity index (χ4n) is 1.65. The van der Waals surface area contributed by atoms with Crippen LogP contribution in [0.5, 0.6) is 0 Å². The van der Waals surface area contributed by atoms with Gasteiger partial charge in [0.2, 0.25) is 5.91 Å². The van der Waals surface area contributed by atoms with Crippen molar-refractivity contribution >= 4 is 11.9 Å². The van der Waals surface area contributed by atoms with E-state index < -0.39 is 18.2 Å². The van der Waals surface area contributed by atoms with Crippen molar-refractivity contribution in [2.75, 3.05) is 6.61 Å². The van der Waals surface area contributed by atoms with E-state index >= 15 is 0 Å². The number of hydrogen-bond donors (Lipinski definition) is 1. The molecule has 76 valence electrons. The number of aliphatic carboxylic acids is 1. The second-order valence-corrected chi connectivity index (χ2v) is 3.09. The van der Waals surface area contributed by atoms with Gasteiger partial charge in [0, 0.05) is 0 Å². The summed E-state index contributed by atoms with van der Waals surface area (Å²) in [6.45, 7) is -0.326. The second-order valence-electron chi connectivity index (χ2n) is 3.09. The van der Waals surface area contributed by atoms with Crippen LogP contribution in [0.4, 0.5) is 0 Å². The third-order valence-electron chi connectivity index (χ3n) is 2.28. The summed E-state index contributed by atoms with van der Waals surface area (Å²) in [5.41, 5.74) is 0. The molecule has 0 aromatic carbocycles. The molecule has 0 bridgehead atoms. The van der Waals surface area contributed by atoms with E-state index in [4.69, 9.17) is 9.84 Å². The average Bonchev–Trinajstić information content (AvgIpc) is 2.39. The molecule has 1 N–H and O–H groups in total. The number of carboxylic acid groups (broad SMARTS) is 1. The van der Waals surface area contributed by atoms with Gasteiger partial charge in [0.25, 0.3) is 0 Å². The number of carbonyl (C=O) groups excluding carboxylic acids is 2. The molecule has 1 amide bonds. The SMILES string of the molecule is O=C([O-])[C@@H]1/C(=C/CO)O[C@@H]2CC(=O)N12.[K+]. The molecular weight excluding hydrogens is 229 g/mol. The molecular formula is C8H8KNO5. The normalized spacial score (nSPS) is 30.3. The molecule has 0 unspecified atom stereocenters. The number of aliphatic hydroxyl groups is 1. The molecule has 2 heterocycles. The maximum absolute atomic E-state index is 11.0. The standard InChI is InChI=1S/C8H9NO5.K/c10-2-1-4-7(8(12)13)9-5(11)3-6(9)14-4;/h1,6-7,10H,2-3H2,(H,12,13);/q;+1/p-1/b4-1-;/t6-,7+;/m1./s1. The Morgan fingerprint density at radius 3 is 2.87 bits per heavy atom. The number of carbonyl (C=O) groups is 2. The number of carboxylic acids is 1. The zero-order chi connectivity index (χ0) is 10.3. The molecule has 2 saturated heterocycles. The molecule has 2 rings (SSSR count). The number of nitrogens with zero attached hydrogens (tertiary/aromatic N) is 1. The minimum atomic E-state index is -1.39. The Bertz CT molecular complexity index is 329. The predicted octanol–water partition coefficient (Wildman–Crippen LogP) is -5.43. The number of aliphatic hydroxyl groups excluding tert-OH is 1. The molecule has 0 spiro atoms. The summed E-state index contributed by atoms with van der Waals surface area (Å²) in [5.74, 6) is -1.57. The van der Waals surface area contributed by atoms with E-state index in [2.05, 4.69) is 0 Å². The summed E-state index contributed by atoms with van der Waals surface area (Å²) in [4.78, 5) is 22.9. The van der Waals surface area contributed by atoms with Crippen LogP contribution in [0.2, 0.25) is 0 Å². The molecule has 0 aromatic heterocycles. The quantitative estimate of drug-likeness (QED) is 0.382. The smallest absolute Gasteiger partial charge is 0.547 e. The molecule has 0 radical (unpaired) electrons. The predicted molar refractivity (Wildman–Crippen MR) is 40.3 cm³/mol. The van der Waals surface area contributed by atoms with Gasteiger partial charge >= 0.3 is 51.4 Å². The average molecular weight is 237 g/mol. The van der Waals surface area contributed by atoms with Crippen LogP contribution in [-0.4, -0.2) is 40.8 Å². The van der Waals surface area contributed by atoms with E-state index in [9.17, 15) is 14.7 Å². The number of ether oxygens (including phenoxy) is 1. The summed E-state index contributed by atoms with van der Waals surface area (Å²) >= 11 is 0. The van der Waals surface area contributed by atoms with E-state index in [1.54, 1.807) is 0 Å². The molecule has 6 nitrogen and oxygen atoms in total. The van der Waals surface area contributed by atoms with Crippen LogP contribution >= 0.6 is 0 Å². The fourth-order valence-corrected chi connectivity index (χ4v) is 1.65. The van der Waals surface area contributed by atoms with Crippen molar-refractivity contribution in [3.8, 4) is 0 Å². The fraction of sp³-hybridized carbons (Fsp3) is 0.500. The molecule has 0 saturated carbocycles. The van der Waals surface area contributed by atoms with Gasteiger partial charge < -0.3 is 19.7 Å². The zero-order valence-corrected chi connectivity index (χ0v) is 11.3. The number of hydrogen-bond acceptors (Lipinski definition) is 5. The van der Waals surface area contributed by atoms with Crippen LogP contribution in [-0.2, 0) is 14.3 Å². The molecule has 0 aliphatic carbocycles. The summed E-state index contributed by atoms with van der Waals surface area (Å²) in [5, 5.41) is 19.3. The van der Waals surface area contributed by atoms with Gasteiger partial charge in [-0.3, -0.25) is 9.69 Å². The maximum Gasteiger partial charge on any atom is 1.00 e. The third kappa shape index (κ3) is 2.13. The van der Waals surface area contributed by atoms with E-state index in [-0.39, 0.29) is 76.1 Å². The van der Waals surface area contributed by atoms with E-state index in [0.29, 0.717) is 0 Å². The van der Waals surface area contributed by atoms with Gasteiger partial charge in [-0.25, -0.2) is 0 Å². The number of fused-ring (bicyclic) bond motifs is 1.